The van der Waals surface area contributed by atoms with Crippen LogP contribution in [0.1, 0.15) is 28.0 Å². The number of hydrogen-bond acceptors (Lipinski definition) is 3. The van der Waals surface area contributed by atoms with Gasteiger partial charge < -0.3 is 4.90 Å². The normalized spacial score (nSPS) is 14.2. The van der Waals surface area contributed by atoms with E-state index < -0.39 is 0 Å². The molecule has 1 aliphatic rings. The van der Waals surface area contributed by atoms with Crippen LogP contribution in [0.2, 0.25) is 0 Å². The maximum absolute atomic E-state index is 12.9. The third-order valence-corrected chi connectivity index (χ3v) is 4.52. The van der Waals surface area contributed by atoms with Gasteiger partial charge in [-0.1, -0.05) is 36.4 Å². The summed E-state index contributed by atoms with van der Waals surface area (Å²) >= 11 is 0. The molecule has 1 aromatic heterocycles. The zero-order chi connectivity index (χ0) is 16.5. The van der Waals surface area contributed by atoms with Gasteiger partial charge in [0.15, 0.2) is 5.69 Å². The second-order valence-corrected chi connectivity index (χ2v) is 6.05. The van der Waals surface area contributed by atoms with Crippen molar-refractivity contribution in [2.45, 2.75) is 19.4 Å². The molecule has 0 aliphatic carbocycles. The molecule has 0 unspecified atom stereocenters. The molecular weight excluding hydrogens is 302 g/mol. The summed E-state index contributed by atoms with van der Waals surface area (Å²) < 4.78 is 0. The summed E-state index contributed by atoms with van der Waals surface area (Å²) in [5, 5.41) is 7.35. The van der Waals surface area contributed by atoms with Crippen LogP contribution in [0.25, 0.3) is 10.9 Å². The number of nitrogens with zero attached hydrogens (tertiary/aromatic N) is 2. The number of nitrogens with one attached hydrogen (secondary N) is 1. The van der Waals surface area contributed by atoms with Crippen molar-refractivity contribution in [1.82, 2.24) is 15.1 Å². The molecule has 4 rings (SSSR count). The van der Waals surface area contributed by atoms with Crippen LogP contribution in [0.15, 0.2) is 53.3 Å². The molecule has 0 bridgehead atoms. The maximum atomic E-state index is 12.9. The minimum Gasteiger partial charge on any atom is -0.333 e. The second-order valence-electron chi connectivity index (χ2n) is 6.05. The lowest BCUT2D eigenvalue weighted by molar-refractivity contribution is 0.0737. The summed E-state index contributed by atoms with van der Waals surface area (Å²) in [6, 6.07) is 15.2. The smallest absolute Gasteiger partial charge is 0.278 e. The van der Waals surface area contributed by atoms with Crippen molar-refractivity contribution in [2.75, 3.05) is 6.54 Å². The van der Waals surface area contributed by atoms with E-state index in [2.05, 4.69) is 16.3 Å². The molecular formula is C19H17N3O2. The predicted molar refractivity (Wildman–Crippen MR) is 91.9 cm³/mol. The molecule has 0 radical (unpaired) electrons. The van der Waals surface area contributed by atoms with Crippen LogP contribution in [-0.2, 0) is 13.0 Å². The molecule has 2 aromatic carbocycles. The Kier molecular flexibility index (Phi) is 3.61. The van der Waals surface area contributed by atoms with Crippen molar-refractivity contribution in [2.24, 2.45) is 0 Å². The molecule has 24 heavy (non-hydrogen) atoms. The lowest BCUT2D eigenvalue weighted by Crippen LogP contribution is -2.35. The first kappa shape index (κ1) is 14.6. The van der Waals surface area contributed by atoms with Crippen LogP contribution in [0.3, 0.4) is 0 Å². The lowest BCUT2D eigenvalue weighted by atomic mass is 10.0. The first-order valence-electron chi connectivity index (χ1n) is 8.07. The van der Waals surface area contributed by atoms with E-state index in [1.165, 1.54) is 5.56 Å². The Balaban J connectivity index is 1.71. The van der Waals surface area contributed by atoms with Gasteiger partial charge in [-0.05, 0) is 36.1 Å². The van der Waals surface area contributed by atoms with Crippen molar-refractivity contribution in [1.29, 1.82) is 0 Å². The second kappa shape index (κ2) is 5.92. The van der Waals surface area contributed by atoms with Gasteiger partial charge in [0, 0.05) is 18.5 Å². The van der Waals surface area contributed by atoms with Crippen molar-refractivity contribution in [3.8, 4) is 0 Å². The van der Waals surface area contributed by atoms with Crippen LogP contribution in [0.4, 0.5) is 0 Å². The SMILES string of the molecule is O=C(c1n[nH]c2ccccc2c1=O)N1CCCc2ccccc2C1. The van der Waals surface area contributed by atoms with Gasteiger partial charge in [0.2, 0.25) is 5.43 Å². The number of H-pyrrole nitrogens is 1. The topological polar surface area (TPSA) is 66.1 Å². The Labute approximate surface area is 138 Å². The molecule has 0 saturated heterocycles. The Morgan fingerprint density at radius 1 is 1.04 bits per heavy atom. The number of aromatic nitrogens is 2. The van der Waals surface area contributed by atoms with Gasteiger partial charge in [-0.25, -0.2) is 0 Å². The summed E-state index contributed by atoms with van der Waals surface area (Å²) in [5.41, 5.74) is 2.70. The zero-order valence-corrected chi connectivity index (χ0v) is 13.2. The summed E-state index contributed by atoms with van der Waals surface area (Å²) in [4.78, 5) is 27.2. The zero-order valence-electron chi connectivity index (χ0n) is 13.2. The van der Waals surface area contributed by atoms with Gasteiger partial charge in [-0.3, -0.25) is 14.7 Å². The largest absolute Gasteiger partial charge is 0.333 e. The number of hydrogen-bond donors (Lipinski definition) is 1. The average molecular weight is 319 g/mol. The van der Waals surface area contributed by atoms with Crippen LogP contribution < -0.4 is 5.43 Å². The standard InChI is InChI=1S/C19H17N3O2/c23-18-15-9-3-4-10-16(15)20-21-17(18)19(24)22-11-5-8-13-6-1-2-7-14(13)12-22/h1-4,6-7,9-10H,5,8,11-12H2,(H,20,23). The molecule has 0 spiro atoms. The monoisotopic (exact) mass is 319 g/mol. The molecule has 1 aliphatic heterocycles. The Morgan fingerprint density at radius 3 is 2.67 bits per heavy atom. The fraction of sp³-hybridized carbons (Fsp3) is 0.211. The molecule has 120 valence electrons. The number of amides is 1. The Morgan fingerprint density at radius 2 is 1.79 bits per heavy atom. The minimum atomic E-state index is -0.313. The van der Waals surface area contributed by atoms with Crippen LogP contribution >= 0.6 is 0 Å². The number of aromatic amines is 1. The summed E-state index contributed by atoms with van der Waals surface area (Å²) in [6.07, 6.45) is 1.83. The molecule has 5 nitrogen and oxygen atoms in total. The highest BCUT2D eigenvalue weighted by Crippen LogP contribution is 2.19. The van der Waals surface area contributed by atoms with Crippen molar-refractivity contribution < 1.29 is 4.79 Å². The van der Waals surface area contributed by atoms with E-state index >= 15 is 0 Å². The molecule has 2 heterocycles. The summed E-state index contributed by atoms with van der Waals surface area (Å²) in [5.74, 6) is -0.307. The molecule has 0 fully saturated rings. The van der Waals surface area contributed by atoms with Crippen LogP contribution in [-0.4, -0.2) is 27.5 Å². The highest BCUT2D eigenvalue weighted by molar-refractivity contribution is 5.95. The van der Waals surface area contributed by atoms with Crippen LogP contribution in [0.5, 0.6) is 0 Å². The van der Waals surface area contributed by atoms with Crippen LogP contribution in [0, 0.1) is 0 Å². The predicted octanol–water partition coefficient (Wildman–Crippen LogP) is 2.51. The maximum Gasteiger partial charge on any atom is 0.278 e. The quantitative estimate of drug-likeness (QED) is 0.749. The number of carbonyl (C=O) groups is 1. The molecule has 1 amide bonds. The summed E-state index contributed by atoms with van der Waals surface area (Å²) in [7, 11) is 0. The molecule has 0 saturated carbocycles. The van der Waals surface area contributed by atoms with Gasteiger partial charge in [0.05, 0.1) is 5.52 Å². The van der Waals surface area contributed by atoms with Gasteiger partial charge in [-0.2, -0.15) is 5.10 Å². The third kappa shape index (κ3) is 2.48. The molecule has 3 aromatic rings. The molecule has 5 heteroatoms. The van der Waals surface area contributed by atoms with E-state index in [9.17, 15) is 9.59 Å². The fourth-order valence-electron chi connectivity index (χ4n) is 3.24. The van der Waals surface area contributed by atoms with Crippen molar-refractivity contribution >= 4 is 16.8 Å². The summed E-state index contributed by atoms with van der Waals surface area (Å²) in [6.45, 7) is 1.14. The highest BCUT2D eigenvalue weighted by atomic mass is 16.2. The third-order valence-electron chi connectivity index (χ3n) is 4.52. The van der Waals surface area contributed by atoms with Crippen molar-refractivity contribution in [3.05, 3.63) is 75.6 Å². The Hall–Kier alpha value is -2.95. The van der Waals surface area contributed by atoms with E-state index in [-0.39, 0.29) is 17.0 Å². The molecule has 1 N–H and O–H groups in total. The van der Waals surface area contributed by atoms with E-state index in [1.807, 2.05) is 24.3 Å². The number of benzene rings is 2. The first-order valence-corrected chi connectivity index (χ1v) is 8.07. The minimum absolute atomic E-state index is 0.0342. The number of fused-ring (bicyclic) bond motifs is 2. The van der Waals surface area contributed by atoms with Crippen molar-refractivity contribution in [3.63, 3.8) is 0 Å². The van der Waals surface area contributed by atoms with E-state index in [0.29, 0.717) is 24.0 Å². The van der Waals surface area contributed by atoms with E-state index in [0.717, 1.165) is 18.4 Å². The number of carbonyl (C=O) groups excluding carboxylic acids is 1. The first-order chi connectivity index (χ1) is 11.7. The number of aryl methyl sites for hydroxylation is 1. The van der Waals surface area contributed by atoms with Gasteiger partial charge >= 0.3 is 0 Å². The van der Waals surface area contributed by atoms with Gasteiger partial charge in [-0.15, -0.1) is 0 Å². The molecule has 0 atom stereocenters. The fourth-order valence-corrected chi connectivity index (χ4v) is 3.24. The number of rotatable bonds is 1. The average Bonchev–Trinajstić information content (AvgIpc) is 2.84. The van der Waals surface area contributed by atoms with Gasteiger partial charge in [0.25, 0.3) is 5.91 Å². The Bertz CT molecular complexity index is 978. The van der Waals surface area contributed by atoms with E-state index in [1.54, 1.807) is 23.1 Å². The highest BCUT2D eigenvalue weighted by Gasteiger charge is 2.24. The lowest BCUT2D eigenvalue weighted by Gasteiger charge is -2.20. The van der Waals surface area contributed by atoms with E-state index in [4.69, 9.17) is 0 Å². The van der Waals surface area contributed by atoms with Gasteiger partial charge in [0.1, 0.15) is 0 Å². The number of para-hydroxylation sites is 1.